The molecule has 1 aliphatic heterocycles. The van der Waals surface area contributed by atoms with E-state index in [9.17, 15) is 4.79 Å². The first-order valence-electron chi connectivity index (χ1n) is 11.1. The highest BCUT2D eigenvalue weighted by molar-refractivity contribution is 5.80. The number of hydrogen-bond donors (Lipinski definition) is 3. The fraction of sp³-hybridized carbons (Fsp3) is 0.360. The molecule has 6 nitrogen and oxygen atoms in total. The number of rotatable bonds is 7. The lowest BCUT2D eigenvalue weighted by Gasteiger charge is -2.33. The molecule has 0 unspecified atom stereocenters. The van der Waals surface area contributed by atoms with Gasteiger partial charge in [0.25, 0.3) is 5.91 Å². The number of aryl methyl sites for hydroxylation is 1. The average molecular weight is 421 g/mol. The summed E-state index contributed by atoms with van der Waals surface area (Å²) < 4.78 is 5.19. The van der Waals surface area contributed by atoms with Crippen molar-refractivity contribution in [2.75, 3.05) is 26.2 Å². The Kier molecular flexibility index (Phi) is 6.79. The summed E-state index contributed by atoms with van der Waals surface area (Å²) in [5.74, 6) is 0.957. The number of piperazine rings is 1. The van der Waals surface area contributed by atoms with Crippen molar-refractivity contribution in [3.8, 4) is 0 Å². The number of nitrogens with one attached hydrogen (secondary N) is 3. The van der Waals surface area contributed by atoms with Crippen LogP contribution in [-0.4, -0.2) is 43.3 Å². The number of aromatic nitrogens is 1. The quantitative estimate of drug-likeness (QED) is 0.524. The van der Waals surface area contributed by atoms with Gasteiger partial charge in [-0.1, -0.05) is 65.8 Å². The van der Waals surface area contributed by atoms with Crippen LogP contribution in [0.4, 0.5) is 0 Å². The van der Waals surface area contributed by atoms with Gasteiger partial charge in [-0.3, -0.25) is 4.79 Å². The van der Waals surface area contributed by atoms with E-state index in [1.165, 1.54) is 9.80 Å². The van der Waals surface area contributed by atoms with Gasteiger partial charge in [0.15, 0.2) is 6.04 Å². The molecule has 4 rings (SSSR count). The minimum atomic E-state index is -0.140. The monoisotopic (exact) mass is 420 g/mol. The van der Waals surface area contributed by atoms with Crippen LogP contribution in [0.3, 0.4) is 0 Å². The van der Waals surface area contributed by atoms with E-state index in [1.807, 2.05) is 56.3 Å². The molecule has 1 amide bonds. The van der Waals surface area contributed by atoms with Crippen molar-refractivity contribution in [1.29, 1.82) is 0 Å². The SMILES string of the molecule is Cc1cc(C[NH+]2CC[NH+]([C@@H](C)C(=O)NC(c3ccccc3)c3ccccc3)CC2)no1. The van der Waals surface area contributed by atoms with E-state index in [0.29, 0.717) is 0 Å². The number of quaternary nitrogens is 2. The van der Waals surface area contributed by atoms with Gasteiger partial charge in [0.2, 0.25) is 0 Å². The minimum Gasteiger partial charge on any atom is -0.361 e. The van der Waals surface area contributed by atoms with E-state index < -0.39 is 0 Å². The summed E-state index contributed by atoms with van der Waals surface area (Å²) in [5, 5.41) is 7.43. The smallest absolute Gasteiger partial charge is 0.278 e. The Hall–Kier alpha value is -2.96. The Bertz CT molecular complexity index is 926. The number of benzene rings is 2. The van der Waals surface area contributed by atoms with E-state index in [2.05, 4.69) is 34.7 Å². The van der Waals surface area contributed by atoms with Gasteiger partial charge in [0.05, 0.1) is 6.04 Å². The van der Waals surface area contributed by atoms with Gasteiger partial charge in [-0.25, -0.2) is 0 Å². The third-order valence-corrected chi connectivity index (χ3v) is 6.27. The van der Waals surface area contributed by atoms with Crippen LogP contribution in [0.1, 0.15) is 35.5 Å². The first-order valence-corrected chi connectivity index (χ1v) is 11.1. The van der Waals surface area contributed by atoms with Crippen LogP contribution in [0.25, 0.3) is 0 Å². The van der Waals surface area contributed by atoms with Crippen molar-refractivity contribution in [3.63, 3.8) is 0 Å². The first kappa shape index (κ1) is 21.3. The Morgan fingerprint density at radius 2 is 1.58 bits per heavy atom. The maximum atomic E-state index is 13.2. The molecule has 0 bridgehead atoms. The zero-order valence-corrected chi connectivity index (χ0v) is 18.3. The highest BCUT2D eigenvalue weighted by Crippen LogP contribution is 2.21. The van der Waals surface area contributed by atoms with Gasteiger partial charge in [0.1, 0.15) is 44.2 Å². The molecule has 1 aliphatic rings. The molecule has 0 radical (unpaired) electrons. The lowest BCUT2D eigenvalue weighted by atomic mass is 9.98. The molecular formula is C25H32N4O2+2. The lowest BCUT2D eigenvalue weighted by Crippen LogP contribution is -3.29. The fourth-order valence-electron chi connectivity index (χ4n) is 4.39. The van der Waals surface area contributed by atoms with E-state index >= 15 is 0 Å². The molecule has 31 heavy (non-hydrogen) atoms. The highest BCUT2D eigenvalue weighted by Gasteiger charge is 2.32. The second kappa shape index (κ2) is 9.90. The molecule has 2 aromatic carbocycles. The predicted octanol–water partition coefficient (Wildman–Crippen LogP) is 0.561. The Balaban J connectivity index is 1.37. The molecule has 3 N–H and O–H groups in total. The molecule has 1 saturated heterocycles. The first-order chi connectivity index (χ1) is 15.1. The standard InChI is InChI=1S/C25H30N4O2/c1-19-17-23(27-31-19)18-28-13-15-29(16-14-28)20(2)25(30)26-24(21-9-5-3-6-10-21)22-11-7-4-8-12-22/h3-12,17,20,24H,13-16,18H2,1-2H3,(H,26,30)/p+2/t20-/m0/s1. The Morgan fingerprint density at radius 3 is 2.10 bits per heavy atom. The molecule has 1 aromatic heterocycles. The summed E-state index contributed by atoms with van der Waals surface area (Å²) in [6, 6.07) is 22.1. The van der Waals surface area contributed by atoms with Crippen LogP contribution < -0.4 is 15.1 Å². The fourth-order valence-corrected chi connectivity index (χ4v) is 4.39. The predicted molar refractivity (Wildman–Crippen MR) is 119 cm³/mol. The molecule has 0 saturated carbocycles. The van der Waals surface area contributed by atoms with Crippen molar-refractivity contribution in [3.05, 3.63) is 89.3 Å². The topological polar surface area (TPSA) is 64.0 Å². The van der Waals surface area contributed by atoms with E-state index in [0.717, 1.165) is 55.3 Å². The summed E-state index contributed by atoms with van der Waals surface area (Å²) in [4.78, 5) is 16.1. The van der Waals surface area contributed by atoms with Gasteiger partial charge in [0, 0.05) is 6.07 Å². The number of carbonyl (C=O) groups excluding carboxylic acids is 1. The molecule has 3 aromatic rings. The van der Waals surface area contributed by atoms with Crippen LogP contribution in [0, 0.1) is 6.92 Å². The van der Waals surface area contributed by atoms with Crippen LogP contribution in [0.5, 0.6) is 0 Å². The van der Waals surface area contributed by atoms with Crippen molar-refractivity contribution in [2.45, 2.75) is 32.5 Å². The molecule has 0 spiro atoms. The number of hydrogen-bond acceptors (Lipinski definition) is 3. The van der Waals surface area contributed by atoms with Crippen LogP contribution in [-0.2, 0) is 11.3 Å². The zero-order chi connectivity index (χ0) is 21.6. The van der Waals surface area contributed by atoms with Gasteiger partial charge < -0.3 is 19.6 Å². The Labute approximate surface area is 183 Å². The van der Waals surface area contributed by atoms with Crippen LogP contribution in [0.2, 0.25) is 0 Å². The number of amides is 1. The lowest BCUT2D eigenvalue weighted by molar-refractivity contribution is -1.02. The van der Waals surface area contributed by atoms with E-state index in [-0.39, 0.29) is 18.0 Å². The maximum absolute atomic E-state index is 13.2. The van der Waals surface area contributed by atoms with Crippen molar-refractivity contribution in [1.82, 2.24) is 10.5 Å². The van der Waals surface area contributed by atoms with Crippen molar-refractivity contribution in [2.24, 2.45) is 0 Å². The van der Waals surface area contributed by atoms with Gasteiger partial charge in [-0.15, -0.1) is 0 Å². The van der Waals surface area contributed by atoms with Gasteiger partial charge in [-0.05, 0) is 25.0 Å². The zero-order valence-electron chi connectivity index (χ0n) is 18.3. The normalized spacial score (nSPS) is 19.8. The number of carbonyl (C=O) groups is 1. The van der Waals surface area contributed by atoms with Gasteiger partial charge >= 0.3 is 0 Å². The molecule has 6 heteroatoms. The highest BCUT2D eigenvalue weighted by atomic mass is 16.5. The third kappa shape index (κ3) is 5.40. The molecule has 0 aliphatic carbocycles. The largest absolute Gasteiger partial charge is 0.361 e. The minimum absolute atomic E-state index is 0.0919. The second-order valence-corrected chi connectivity index (χ2v) is 8.50. The van der Waals surface area contributed by atoms with Crippen molar-refractivity contribution < 1.29 is 19.1 Å². The molecule has 162 valence electrons. The Morgan fingerprint density at radius 1 is 1.00 bits per heavy atom. The van der Waals surface area contributed by atoms with Crippen LogP contribution in [0.15, 0.2) is 71.3 Å². The summed E-state index contributed by atoms with van der Waals surface area (Å²) in [6.07, 6.45) is 0. The summed E-state index contributed by atoms with van der Waals surface area (Å²) >= 11 is 0. The molecular weight excluding hydrogens is 388 g/mol. The summed E-state index contributed by atoms with van der Waals surface area (Å²) in [5.41, 5.74) is 3.21. The van der Waals surface area contributed by atoms with E-state index in [1.54, 1.807) is 0 Å². The van der Waals surface area contributed by atoms with Gasteiger partial charge in [-0.2, -0.15) is 0 Å². The average Bonchev–Trinajstić information content (AvgIpc) is 3.23. The molecule has 2 heterocycles. The van der Waals surface area contributed by atoms with Crippen molar-refractivity contribution >= 4 is 5.91 Å². The summed E-state index contributed by atoms with van der Waals surface area (Å²) in [6.45, 7) is 8.86. The van der Waals surface area contributed by atoms with Crippen LogP contribution >= 0.6 is 0 Å². The molecule has 1 atom stereocenters. The van der Waals surface area contributed by atoms with E-state index in [4.69, 9.17) is 4.52 Å². The molecule has 1 fully saturated rings. The number of nitrogens with zero attached hydrogens (tertiary/aromatic N) is 1. The summed E-state index contributed by atoms with van der Waals surface area (Å²) in [7, 11) is 0. The maximum Gasteiger partial charge on any atom is 0.278 e. The second-order valence-electron chi connectivity index (χ2n) is 8.50. The third-order valence-electron chi connectivity index (χ3n) is 6.27.